The van der Waals surface area contributed by atoms with Crippen LogP contribution in [0.25, 0.3) is 11.0 Å². The Morgan fingerprint density at radius 2 is 2.10 bits per heavy atom. The molecule has 2 rings (SSSR count). The molecule has 2 aromatic rings. The number of carbonyl (C=O) groups is 2. The lowest BCUT2D eigenvalue weighted by Gasteiger charge is -2.07. The van der Waals surface area contributed by atoms with Crippen LogP contribution in [-0.4, -0.2) is 28.2 Å². The summed E-state index contributed by atoms with van der Waals surface area (Å²) in [6.45, 7) is 1.86. The first kappa shape index (κ1) is 13.7. The van der Waals surface area contributed by atoms with Crippen molar-refractivity contribution in [1.29, 1.82) is 0 Å². The van der Waals surface area contributed by atoms with Gasteiger partial charge in [0.1, 0.15) is 0 Å². The van der Waals surface area contributed by atoms with Crippen LogP contribution in [0, 0.1) is 0 Å². The lowest BCUT2D eigenvalue weighted by atomic mass is 10.2. The number of ether oxygens (including phenoxy) is 1. The van der Waals surface area contributed by atoms with Crippen molar-refractivity contribution in [2.75, 3.05) is 6.61 Å². The summed E-state index contributed by atoms with van der Waals surface area (Å²) in [4.78, 5) is 36.9. The molecular weight excluding hydrogens is 264 g/mol. The van der Waals surface area contributed by atoms with E-state index in [-0.39, 0.29) is 12.3 Å². The highest BCUT2D eigenvalue weighted by Crippen LogP contribution is 2.11. The van der Waals surface area contributed by atoms with E-state index in [0.29, 0.717) is 16.6 Å². The molecule has 0 unspecified atom stereocenters. The number of hydrogen-bond acceptors (Lipinski definition) is 4. The smallest absolute Gasteiger partial charge is 0.426 e. The second-order valence-electron chi connectivity index (χ2n) is 4.02. The monoisotopic (exact) mass is 278 g/mol. The molecule has 8 heteroatoms. The molecule has 0 aliphatic rings. The number of imidazole rings is 1. The lowest BCUT2D eigenvalue weighted by Crippen LogP contribution is -2.41. The van der Waals surface area contributed by atoms with Crippen LogP contribution in [0.3, 0.4) is 0 Å². The van der Waals surface area contributed by atoms with E-state index in [1.165, 1.54) is 10.6 Å². The topological polar surface area (TPSA) is 105 Å². The zero-order valence-electron chi connectivity index (χ0n) is 11.0. The van der Waals surface area contributed by atoms with Gasteiger partial charge in [0.05, 0.1) is 17.6 Å². The molecular formula is C12H14N4O4. The number of rotatable bonds is 2. The Hall–Kier alpha value is -2.77. The van der Waals surface area contributed by atoms with E-state index < -0.39 is 12.0 Å². The number of carbonyl (C=O) groups excluding carboxylic acids is 2. The number of nitrogens with zero attached hydrogens (tertiary/aromatic N) is 1. The van der Waals surface area contributed by atoms with Crippen LogP contribution in [0.2, 0.25) is 0 Å². The van der Waals surface area contributed by atoms with Crippen molar-refractivity contribution in [2.24, 2.45) is 7.05 Å². The number of amides is 2. The van der Waals surface area contributed by atoms with E-state index in [1.807, 2.05) is 0 Å². The predicted molar refractivity (Wildman–Crippen MR) is 71.2 cm³/mol. The molecule has 8 nitrogen and oxygen atoms in total. The molecule has 0 aliphatic carbocycles. The normalized spacial score (nSPS) is 10.3. The zero-order valence-corrected chi connectivity index (χ0v) is 11.0. The van der Waals surface area contributed by atoms with Crippen molar-refractivity contribution in [1.82, 2.24) is 20.4 Å². The molecule has 0 fully saturated rings. The highest BCUT2D eigenvalue weighted by Gasteiger charge is 2.10. The van der Waals surface area contributed by atoms with Crippen molar-refractivity contribution in [2.45, 2.75) is 6.92 Å². The first-order chi connectivity index (χ1) is 9.52. The Balaban J connectivity index is 2.14. The van der Waals surface area contributed by atoms with Gasteiger partial charge < -0.3 is 9.72 Å². The van der Waals surface area contributed by atoms with Crippen LogP contribution in [0.15, 0.2) is 23.0 Å². The predicted octanol–water partition coefficient (Wildman–Crippen LogP) is 0.257. The molecule has 0 aliphatic heterocycles. The Morgan fingerprint density at radius 1 is 1.35 bits per heavy atom. The fraction of sp³-hybridized carbons (Fsp3) is 0.250. The molecule has 2 amide bonds. The fourth-order valence-electron chi connectivity index (χ4n) is 1.73. The summed E-state index contributed by atoms with van der Waals surface area (Å²) in [6, 6.07) is 4.73. The number of aromatic nitrogens is 2. The summed E-state index contributed by atoms with van der Waals surface area (Å²) >= 11 is 0. The Kier molecular flexibility index (Phi) is 3.74. The summed E-state index contributed by atoms with van der Waals surface area (Å²) < 4.78 is 6.04. The van der Waals surface area contributed by atoms with E-state index in [4.69, 9.17) is 0 Å². The Bertz CT molecular complexity index is 716. The Morgan fingerprint density at radius 3 is 2.80 bits per heavy atom. The summed E-state index contributed by atoms with van der Waals surface area (Å²) in [5, 5.41) is 0. The van der Waals surface area contributed by atoms with Gasteiger partial charge in [0, 0.05) is 12.6 Å². The van der Waals surface area contributed by atoms with Crippen LogP contribution in [0.4, 0.5) is 4.79 Å². The van der Waals surface area contributed by atoms with Crippen LogP contribution in [0.1, 0.15) is 17.3 Å². The quantitative estimate of drug-likeness (QED) is 0.685. The van der Waals surface area contributed by atoms with Gasteiger partial charge in [0.2, 0.25) is 0 Å². The fourth-order valence-corrected chi connectivity index (χ4v) is 1.73. The molecule has 0 saturated heterocycles. The van der Waals surface area contributed by atoms with Crippen LogP contribution >= 0.6 is 0 Å². The first-order valence-corrected chi connectivity index (χ1v) is 5.94. The van der Waals surface area contributed by atoms with Gasteiger partial charge in [0.15, 0.2) is 0 Å². The van der Waals surface area contributed by atoms with Gasteiger partial charge in [-0.3, -0.25) is 14.8 Å². The number of aryl methyl sites for hydroxylation is 1. The van der Waals surface area contributed by atoms with Gasteiger partial charge in [-0.15, -0.1) is 0 Å². The highest BCUT2D eigenvalue weighted by molar-refractivity contribution is 5.97. The van der Waals surface area contributed by atoms with Gasteiger partial charge in [0.25, 0.3) is 5.91 Å². The maximum Gasteiger partial charge on any atom is 0.426 e. The van der Waals surface area contributed by atoms with Crippen LogP contribution in [-0.2, 0) is 11.8 Å². The van der Waals surface area contributed by atoms with Crippen molar-refractivity contribution in [3.05, 3.63) is 34.2 Å². The third kappa shape index (κ3) is 2.63. The van der Waals surface area contributed by atoms with Gasteiger partial charge in [-0.25, -0.2) is 15.0 Å². The number of fused-ring (bicyclic) bond motifs is 1. The van der Waals surface area contributed by atoms with E-state index in [2.05, 4.69) is 20.6 Å². The summed E-state index contributed by atoms with van der Waals surface area (Å²) in [5.74, 6) is -0.510. The number of aromatic amines is 1. The van der Waals surface area contributed by atoms with E-state index >= 15 is 0 Å². The number of hydrazine groups is 1. The third-order valence-electron chi connectivity index (χ3n) is 2.72. The zero-order chi connectivity index (χ0) is 14.7. The van der Waals surface area contributed by atoms with Gasteiger partial charge >= 0.3 is 11.8 Å². The van der Waals surface area contributed by atoms with Crippen molar-refractivity contribution >= 4 is 23.0 Å². The third-order valence-corrected chi connectivity index (χ3v) is 2.72. The van der Waals surface area contributed by atoms with Crippen molar-refractivity contribution in [3.63, 3.8) is 0 Å². The summed E-state index contributed by atoms with van der Waals surface area (Å²) in [5.41, 5.74) is 5.58. The molecule has 0 saturated carbocycles. The maximum atomic E-state index is 11.8. The van der Waals surface area contributed by atoms with Crippen LogP contribution in [0.5, 0.6) is 0 Å². The number of benzene rings is 1. The van der Waals surface area contributed by atoms with E-state index in [1.54, 1.807) is 26.1 Å². The second kappa shape index (κ2) is 5.47. The number of nitrogens with one attached hydrogen (secondary N) is 3. The van der Waals surface area contributed by atoms with E-state index in [9.17, 15) is 14.4 Å². The molecule has 1 aromatic carbocycles. The largest absolute Gasteiger partial charge is 0.449 e. The first-order valence-electron chi connectivity index (χ1n) is 5.94. The molecule has 0 radical (unpaired) electrons. The standard InChI is InChI=1S/C12H14N4O4/c1-3-20-12(19)15-14-10(17)7-4-5-9-8(6-7)13-11(18)16(9)2/h4-6H,3H2,1-2H3,(H,13,18)(H,14,17)(H,15,19). The van der Waals surface area contributed by atoms with Crippen molar-refractivity contribution in [3.8, 4) is 0 Å². The molecule has 0 bridgehead atoms. The van der Waals surface area contributed by atoms with Gasteiger partial charge in [-0.2, -0.15) is 0 Å². The maximum absolute atomic E-state index is 11.8. The Labute approximate surface area is 113 Å². The van der Waals surface area contributed by atoms with E-state index in [0.717, 1.165) is 0 Å². The molecule has 0 atom stereocenters. The average Bonchev–Trinajstić information content (AvgIpc) is 2.71. The minimum absolute atomic E-state index is 0.207. The average molecular weight is 278 g/mol. The summed E-state index contributed by atoms with van der Waals surface area (Å²) in [6.07, 6.45) is -0.741. The molecule has 1 aromatic heterocycles. The van der Waals surface area contributed by atoms with Gasteiger partial charge in [-0.1, -0.05) is 0 Å². The lowest BCUT2D eigenvalue weighted by molar-refractivity contribution is 0.0913. The highest BCUT2D eigenvalue weighted by atomic mass is 16.5. The minimum Gasteiger partial charge on any atom is -0.449 e. The minimum atomic E-state index is -0.741. The van der Waals surface area contributed by atoms with Crippen LogP contribution < -0.4 is 16.5 Å². The second-order valence-corrected chi connectivity index (χ2v) is 4.02. The number of hydrogen-bond donors (Lipinski definition) is 3. The molecule has 0 spiro atoms. The molecule has 20 heavy (non-hydrogen) atoms. The number of H-pyrrole nitrogens is 1. The molecule has 1 heterocycles. The SMILES string of the molecule is CCOC(=O)NNC(=O)c1ccc2c(c1)[nH]c(=O)n2C. The van der Waals surface area contributed by atoms with Crippen molar-refractivity contribution < 1.29 is 14.3 Å². The molecule has 3 N–H and O–H groups in total. The molecule has 106 valence electrons. The van der Waals surface area contributed by atoms with Gasteiger partial charge in [-0.05, 0) is 25.1 Å². The summed E-state index contributed by atoms with van der Waals surface area (Å²) in [7, 11) is 1.63.